The summed E-state index contributed by atoms with van der Waals surface area (Å²) in [5.41, 5.74) is 4.02. The topological polar surface area (TPSA) is 92.5 Å². The molecule has 1 saturated heterocycles. The van der Waals surface area contributed by atoms with Crippen LogP contribution in [-0.4, -0.2) is 31.4 Å². The Morgan fingerprint density at radius 2 is 2.24 bits per heavy atom. The number of carbonyl (C=O) groups excluding carboxylic acids is 1. The molecule has 25 heavy (non-hydrogen) atoms. The van der Waals surface area contributed by atoms with E-state index in [9.17, 15) is 13.2 Å². The van der Waals surface area contributed by atoms with Crippen LogP contribution >= 0.6 is 11.6 Å². The molecule has 0 spiro atoms. The van der Waals surface area contributed by atoms with Gasteiger partial charge in [0.2, 0.25) is 15.9 Å². The van der Waals surface area contributed by atoms with Crippen molar-refractivity contribution < 1.29 is 13.2 Å². The van der Waals surface area contributed by atoms with Crippen LogP contribution in [0.5, 0.6) is 0 Å². The summed E-state index contributed by atoms with van der Waals surface area (Å²) in [6.45, 7) is 2.00. The number of halogens is 1. The number of carbonyl (C=O) groups is 1. The summed E-state index contributed by atoms with van der Waals surface area (Å²) < 4.78 is 23.2. The number of rotatable bonds is 3. The van der Waals surface area contributed by atoms with Gasteiger partial charge < -0.3 is 0 Å². The first-order valence-electron chi connectivity index (χ1n) is 7.83. The van der Waals surface area contributed by atoms with Crippen LogP contribution in [0.1, 0.15) is 19.8 Å². The molecule has 1 aliphatic heterocycles. The van der Waals surface area contributed by atoms with Gasteiger partial charge in [-0.25, -0.2) is 13.6 Å². The number of allylic oxidation sites excluding steroid dienone is 5. The lowest BCUT2D eigenvalue weighted by atomic mass is 10.00. The largest absolute Gasteiger partial charge is 0.287 e. The van der Waals surface area contributed by atoms with Gasteiger partial charge in [-0.2, -0.15) is 5.01 Å². The van der Waals surface area contributed by atoms with E-state index in [1.807, 2.05) is 24.1 Å². The van der Waals surface area contributed by atoms with E-state index < -0.39 is 15.9 Å². The number of nitrogens with one attached hydrogen (secondary N) is 1. The first-order valence-corrected chi connectivity index (χ1v) is 9.76. The van der Waals surface area contributed by atoms with Crippen molar-refractivity contribution in [3.63, 3.8) is 0 Å². The van der Waals surface area contributed by atoms with Crippen molar-refractivity contribution in [2.24, 2.45) is 11.1 Å². The van der Waals surface area contributed by atoms with Crippen molar-refractivity contribution in [2.75, 3.05) is 0 Å². The minimum absolute atomic E-state index is 0.0482. The molecule has 8 heteroatoms. The van der Waals surface area contributed by atoms with Crippen LogP contribution in [-0.2, 0) is 14.8 Å². The summed E-state index contributed by atoms with van der Waals surface area (Å²) >= 11 is 5.90. The van der Waals surface area contributed by atoms with Gasteiger partial charge in [-0.15, -0.1) is 0 Å². The summed E-state index contributed by atoms with van der Waals surface area (Å²) in [6, 6.07) is -0.0937. The minimum atomic E-state index is -3.98. The first-order chi connectivity index (χ1) is 11.8. The molecular weight excluding hydrogens is 362 g/mol. The Bertz CT molecular complexity index is 890. The third-order valence-electron chi connectivity index (χ3n) is 4.37. The van der Waals surface area contributed by atoms with Gasteiger partial charge in [0.1, 0.15) is 6.04 Å². The van der Waals surface area contributed by atoms with E-state index in [-0.39, 0.29) is 27.9 Å². The van der Waals surface area contributed by atoms with Crippen molar-refractivity contribution in [1.29, 1.82) is 0 Å². The third-order valence-corrected chi connectivity index (χ3v) is 5.81. The van der Waals surface area contributed by atoms with Gasteiger partial charge in [0.25, 0.3) is 0 Å². The van der Waals surface area contributed by atoms with Gasteiger partial charge >= 0.3 is 0 Å². The number of hydrogen-bond acceptors (Lipinski definition) is 4. The maximum atomic E-state index is 12.7. The normalized spacial score (nSPS) is 28.8. The van der Waals surface area contributed by atoms with E-state index in [1.165, 1.54) is 12.2 Å². The smallest absolute Gasteiger partial charge is 0.241 e. The van der Waals surface area contributed by atoms with Crippen LogP contribution in [0.4, 0.5) is 0 Å². The average Bonchev–Trinajstić information content (AvgIpc) is 2.71. The number of amides is 1. The molecule has 2 aliphatic carbocycles. The monoisotopic (exact) mass is 379 g/mol. The number of primary sulfonamides is 1. The number of sulfonamides is 1. The van der Waals surface area contributed by atoms with Crippen LogP contribution in [0, 0.1) is 17.8 Å². The molecule has 3 N–H and O–H groups in total. The zero-order valence-electron chi connectivity index (χ0n) is 13.6. The molecule has 1 heterocycles. The third kappa shape index (κ3) is 3.72. The highest BCUT2D eigenvalue weighted by atomic mass is 35.5. The fourth-order valence-corrected chi connectivity index (χ4v) is 4.30. The predicted octanol–water partition coefficient (Wildman–Crippen LogP) is 1.30. The molecule has 6 nitrogen and oxygen atoms in total. The lowest BCUT2D eigenvalue weighted by molar-refractivity contribution is -0.129. The molecule has 0 aromatic carbocycles. The van der Waals surface area contributed by atoms with E-state index in [1.54, 1.807) is 6.08 Å². The molecule has 1 amide bonds. The van der Waals surface area contributed by atoms with Crippen molar-refractivity contribution >= 4 is 27.5 Å². The molecular formula is C17H18ClN3O3S. The second-order valence-electron chi connectivity index (χ2n) is 6.20. The van der Waals surface area contributed by atoms with E-state index in [0.717, 1.165) is 12.0 Å². The molecule has 1 fully saturated rings. The molecule has 3 unspecified atom stereocenters. The zero-order chi connectivity index (χ0) is 18.2. The van der Waals surface area contributed by atoms with Gasteiger partial charge in [-0.1, -0.05) is 47.7 Å². The number of nitrogens with zero attached hydrogens (tertiary/aromatic N) is 1. The van der Waals surface area contributed by atoms with Crippen molar-refractivity contribution in [1.82, 2.24) is 10.4 Å². The quantitative estimate of drug-likeness (QED) is 0.723. The molecule has 3 aliphatic rings. The Hall–Kier alpha value is -1.85. The highest BCUT2D eigenvalue weighted by Gasteiger charge is 2.36. The molecule has 0 aromatic heterocycles. The summed E-state index contributed by atoms with van der Waals surface area (Å²) in [5, 5.41) is 7.02. The molecule has 132 valence electrons. The second-order valence-corrected chi connectivity index (χ2v) is 8.14. The van der Waals surface area contributed by atoms with Crippen LogP contribution < -0.4 is 10.6 Å². The van der Waals surface area contributed by atoms with Gasteiger partial charge in [0.15, 0.2) is 0 Å². The van der Waals surface area contributed by atoms with E-state index >= 15 is 0 Å². The zero-order valence-corrected chi connectivity index (χ0v) is 15.1. The SMILES string of the molecule is CC1CC2=CC=CC#CC2N1NC(=O)C1C=C(S(N)(=O)=O)C(Cl)=CC1. The van der Waals surface area contributed by atoms with Crippen LogP contribution in [0.25, 0.3) is 0 Å². The minimum Gasteiger partial charge on any atom is -0.287 e. The first kappa shape index (κ1) is 18.0. The molecule has 0 bridgehead atoms. The van der Waals surface area contributed by atoms with Crippen LogP contribution in [0.2, 0.25) is 0 Å². The van der Waals surface area contributed by atoms with Gasteiger partial charge in [-0.3, -0.25) is 10.2 Å². The number of nitrogens with two attached hydrogens (primary N) is 1. The number of fused-ring (bicyclic) bond motifs is 1. The lowest BCUT2D eigenvalue weighted by Gasteiger charge is -2.28. The lowest BCUT2D eigenvalue weighted by Crippen LogP contribution is -2.50. The predicted molar refractivity (Wildman–Crippen MR) is 96.1 cm³/mol. The van der Waals surface area contributed by atoms with Gasteiger partial charge in [0, 0.05) is 6.04 Å². The molecule has 0 saturated carbocycles. The summed E-state index contributed by atoms with van der Waals surface area (Å²) in [6.07, 6.45) is 9.60. The standard InChI is InChI=1S/C17H18ClN3O3S/c1-11-9-12-5-3-2-4-6-15(12)21(11)20-17(22)13-7-8-14(18)16(10-13)25(19,23)24/h2-3,5,8,10-11,13,15H,7,9H2,1H3,(H,20,22)(H2,19,23,24). The number of hydrogen-bond donors (Lipinski definition) is 2. The Kier molecular flexibility index (Phi) is 4.89. The van der Waals surface area contributed by atoms with Gasteiger partial charge in [0.05, 0.1) is 15.9 Å². The summed E-state index contributed by atoms with van der Waals surface area (Å²) in [4.78, 5) is 12.4. The van der Waals surface area contributed by atoms with Crippen LogP contribution in [0.15, 0.2) is 45.9 Å². The Morgan fingerprint density at radius 1 is 1.48 bits per heavy atom. The second kappa shape index (κ2) is 6.81. The summed E-state index contributed by atoms with van der Waals surface area (Å²) in [7, 11) is -3.98. The van der Waals surface area contributed by atoms with Gasteiger partial charge in [-0.05, 0) is 31.4 Å². The highest BCUT2D eigenvalue weighted by Crippen LogP contribution is 2.31. The summed E-state index contributed by atoms with van der Waals surface area (Å²) in [5.74, 6) is 5.09. The Morgan fingerprint density at radius 3 is 2.96 bits per heavy atom. The van der Waals surface area contributed by atoms with E-state index in [0.29, 0.717) is 6.42 Å². The fraction of sp³-hybridized carbons (Fsp3) is 0.353. The van der Waals surface area contributed by atoms with Crippen molar-refractivity contribution in [3.05, 3.63) is 45.9 Å². The maximum absolute atomic E-state index is 12.7. The van der Waals surface area contributed by atoms with E-state index in [2.05, 4.69) is 17.3 Å². The molecule has 3 atom stereocenters. The average molecular weight is 380 g/mol. The maximum Gasteiger partial charge on any atom is 0.241 e. The fourth-order valence-electron chi connectivity index (χ4n) is 3.11. The van der Waals surface area contributed by atoms with Crippen molar-refractivity contribution in [2.45, 2.75) is 31.8 Å². The van der Waals surface area contributed by atoms with E-state index in [4.69, 9.17) is 16.7 Å². The molecule has 0 aromatic rings. The molecule has 0 radical (unpaired) electrons. The number of hydrazine groups is 1. The van der Waals surface area contributed by atoms with Crippen molar-refractivity contribution in [3.8, 4) is 11.8 Å². The highest BCUT2D eigenvalue weighted by molar-refractivity contribution is 7.93. The molecule has 3 rings (SSSR count). The Balaban J connectivity index is 1.78. The Labute approximate surface area is 152 Å². The van der Waals surface area contributed by atoms with Crippen LogP contribution in [0.3, 0.4) is 0 Å².